The third-order valence-corrected chi connectivity index (χ3v) is 5.39. The molecule has 0 spiro atoms. The Morgan fingerprint density at radius 2 is 1.88 bits per heavy atom. The summed E-state index contributed by atoms with van der Waals surface area (Å²) in [6, 6.07) is -6.95. The molecule has 2 N–H and O–H groups in total. The SMILES string of the molecule is [2H]C1([2H])C(n2c(=O)[nH]c3ncccc32)C([2H])([2H])C([2H])([2H])N(C(=O)N[C@@]2([2H])C(=O)N(CC(F)(F)F)C([2H])([2H])[C@]([2H])(c3cccc(F)c3F)C([2H])([2H])C2([2H])[2H])C1([2H])[2H]. The molecular formula is C26H27F5N6O3. The van der Waals surface area contributed by atoms with E-state index in [-0.39, 0.29) is 16.3 Å². The van der Waals surface area contributed by atoms with Gasteiger partial charge in [-0.1, -0.05) is 12.1 Å². The Morgan fingerprint density at radius 1 is 1.12 bits per heavy atom. The number of hydrogen-bond acceptors (Lipinski definition) is 4. The molecule has 5 rings (SSSR count). The van der Waals surface area contributed by atoms with Crippen molar-refractivity contribution >= 4 is 23.1 Å². The maximum atomic E-state index is 15.3. The smallest absolute Gasteiger partial charge is 0.331 e. The van der Waals surface area contributed by atoms with Crippen LogP contribution in [0.3, 0.4) is 0 Å². The molecule has 3 amide bonds. The van der Waals surface area contributed by atoms with Gasteiger partial charge >= 0.3 is 17.9 Å². The fourth-order valence-corrected chi connectivity index (χ4v) is 3.65. The lowest BCUT2D eigenvalue weighted by molar-refractivity contribution is -0.162. The first kappa shape index (κ1) is 14.1. The van der Waals surface area contributed by atoms with Crippen molar-refractivity contribution in [1.82, 2.24) is 29.7 Å². The van der Waals surface area contributed by atoms with E-state index in [4.69, 9.17) is 21.9 Å². The number of amides is 3. The van der Waals surface area contributed by atoms with Gasteiger partial charge in [-0.3, -0.25) is 14.3 Å². The number of rotatable bonds is 4. The lowest BCUT2D eigenvalue weighted by Gasteiger charge is -2.34. The van der Waals surface area contributed by atoms with Crippen LogP contribution < -0.4 is 11.0 Å². The van der Waals surface area contributed by atoms with Crippen molar-refractivity contribution in [2.24, 2.45) is 0 Å². The number of H-pyrrole nitrogens is 1. The minimum Gasteiger partial charge on any atom is -0.331 e. The molecule has 40 heavy (non-hydrogen) atoms. The number of hydrogen-bond donors (Lipinski definition) is 2. The molecule has 9 nitrogen and oxygen atoms in total. The molecule has 0 radical (unpaired) electrons. The first-order valence-electron chi connectivity index (χ1n) is 19.1. The number of benzene rings is 1. The van der Waals surface area contributed by atoms with Crippen LogP contribution in [0.1, 0.15) is 64.9 Å². The van der Waals surface area contributed by atoms with Crippen molar-refractivity contribution in [3.63, 3.8) is 0 Å². The summed E-state index contributed by atoms with van der Waals surface area (Å²) in [5.74, 6) is -11.7. The second-order valence-corrected chi connectivity index (χ2v) is 8.07. The minimum atomic E-state index is -5.77. The Balaban J connectivity index is 1.75. The predicted octanol–water partition coefficient (Wildman–Crippen LogP) is 3.69. The van der Waals surface area contributed by atoms with Crippen LogP contribution in [0, 0.1) is 11.6 Å². The highest BCUT2D eigenvalue weighted by Gasteiger charge is 2.40. The molecular weight excluding hydrogens is 539 g/mol. The van der Waals surface area contributed by atoms with Crippen LogP contribution in [0.4, 0.5) is 26.7 Å². The van der Waals surface area contributed by atoms with E-state index in [9.17, 15) is 31.9 Å². The van der Waals surface area contributed by atoms with E-state index in [2.05, 4.69) is 9.97 Å². The Morgan fingerprint density at radius 3 is 2.60 bits per heavy atom. The van der Waals surface area contributed by atoms with Gasteiger partial charge in [0.05, 0.1) is 9.63 Å². The highest BCUT2D eigenvalue weighted by molar-refractivity contribution is 5.87. The molecule has 3 aromatic rings. The summed E-state index contributed by atoms with van der Waals surface area (Å²) in [4.78, 5) is 44.9. The van der Waals surface area contributed by atoms with Crippen LogP contribution in [0.5, 0.6) is 0 Å². The van der Waals surface area contributed by atoms with E-state index in [0.29, 0.717) is 12.1 Å². The number of carbonyl (C=O) groups is 2. The molecule has 214 valence electrons. The van der Waals surface area contributed by atoms with Gasteiger partial charge in [-0.2, -0.15) is 13.2 Å². The second-order valence-electron chi connectivity index (χ2n) is 8.07. The van der Waals surface area contributed by atoms with Gasteiger partial charge in [0, 0.05) is 55.4 Å². The molecule has 2 aliphatic heterocycles. The molecule has 2 fully saturated rings. The van der Waals surface area contributed by atoms with Crippen LogP contribution in [0.2, 0.25) is 0 Å². The van der Waals surface area contributed by atoms with E-state index in [0.717, 1.165) is 17.6 Å². The summed E-state index contributed by atoms with van der Waals surface area (Å²) >= 11 is 0. The van der Waals surface area contributed by atoms with Crippen molar-refractivity contribution < 1.29 is 53.5 Å². The molecule has 0 saturated carbocycles. The molecule has 0 aliphatic carbocycles. The van der Waals surface area contributed by atoms with Crippen LogP contribution in [-0.2, 0) is 4.79 Å². The van der Waals surface area contributed by atoms with Gasteiger partial charge < -0.3 is 15.1 Å². The third-order valence-electron chi connectivity index (χ3n) is 5.39. The van der Waals surface area contributed by atoms with Gasteiger partial charge in [-0.05, 0) is 49.3 Å². The molecule has 0 bridgehead atoms. The van der Waals surface area contributed by atoms with Gasteiger partial charge in [-0.15, -0.1) is 0 Å². The standard InChI is InChI=1S/C26H27F5N6O3/c27-18-4-1-3-17(21(18)28)15-6-7-19(23(38)36(13-15)14-26(29,30)31)33-24(39)35-11-8-16(9-12-35)37-20-5-2-10-32-22(20)34-25(37)40/h1-5,10,15-16,19H,6-9,11-14H2,(H,33,39)(H,32,34,40)/t15-,19-/m1/s1/i6D2,7D2,8D2,9D2,11D2,12D2,13D2,15D,19D. The van der Waals surface area contributed by atoms with Gasteiger partial charge in [-0.25, -0.2) is 23.4 Å². The Hall–Kier alpha value is -3.97. The van der Waals surface area contributed by atoms with E-state index < -0.39 is 126 Å². The van der Waals surface area contributed by atoms with Crippen LogP contribution in [0.15, 0.2) is 41.3 Å². The minimum absolute atomic E-state index is 0.262. The van der Waals surface area contributed by atoms with Gasteiger partial charge in [0.25, 0.3) is 0 Å². The number of alkyl halides is 3. The third kappa shape index (κ3) is 5.65. The van der Waals surface area contributed by atoms with Crippen molar-refractivity contribution in [2.75, 3.05) is 26.0 Å². The lowest BCUT2D eigenvalue weighted by Crippen LogP contribution is -2.54. The topological polar surface area (TPSA) is 103 Å². The molecule has 2 saturated heterocycles. The van der Waals surface area contributed by atoms with Crippen molar-refractivity contribution in [3.05, 3.63) is 64.2 Å². The summed E-state index contributed by atoms with van der Waals surface area (Å²) < 4.78 is 210. The largest absolute Gasteiger partial charge is 0.406 e. The van der Waals surface area contributed by atoms with E-state index >= 15 is 4.39 Å². The number of nitrogens with zero attached hydrogens (tertiary/aromatic N) is 4. The zero-order valence-corrected chi connectivity index (χ0v) is 19.7. The van der Waals surface area contributed by atoms with Crippen molar-refractivity contribution in [2.45, 2.75) is 49.6 Å². The van der Waals surface area contributed by atoms with Crippen LogP contribution in [0.25, 0.3) is 11.2 Å². The quantitative estimate of drug-likeness (QED) is 0.458. The van der Waals surface area contributed by atoms with E-state index in [1.807, 2.05) is 0 Å². The maximum Gasteiger partial charge on any atom is 0.406 e. The first-order valence-corrected chi connectivity index (χ1v) is 11.1. The van der Waals surface area contributed by atoms with Crippen molar-refractivity contribution in [3.8, 4) is 0 Å². The zero-order valence-electron chi connectivity index (χ0n) is 35.7. The summed E-state index contributed by atoms with van der Waals surface area (Å²) in [5, 5.41) is 1.01. The number of aromatic nitrogens is 3. The monoisotopic (exact) mass is 582 g/mol. The highest BCUT2D eigenvalue weighted by atomic mass is 19.4. The molecule has 2 aliphatic rings. The van der Waals surface area contributed by atoms with Gasteiger partial charge in [0.1, 0.15) is 12.6 Å². The average Bonchev–Trinajstić information content (AvgIpc) is 3.36. The number of imidazole rings is 1. The number of nitrogens with one attached hydrogen (secondary N) is 2. The number of likely N-dealkylation sites (tertiary alicyclic amines) is 2. The Labute approximate surface area is 247 Å². The summed E-state index contributed by atoms with van der Waals surface area (Å²) in [5.41, 5.74) is -3.86. The van der Waals surface area contributed by atoms with Crippen LogP contribution >= 0.6 is 0 Å². The van der Waals surface area contributed by atoms with E-state index in [1.165, 1.54) is 6.07 Å². The predicted molar refractivity (Wildman–Crippen MR) is 133 cm³/mol. The normalized spacial score (nSPS) is 39.5. The summed E-state index contributed by atoms with van der Waals surface area (Å²) in [6.07, 6.45) is -22.1. The Kier molecular flexibility index (Phi) is 3.83. The maximum absolute atomic E-state index is 15.3. The number of fused-ring (bicyclic) bond motifs is 1. The Bertz CT molecular complexity index is 2160. The number of piperidine rings is 1. The molecule has 0 unspecified atom stereocenters. The number of aromatic amines is 1. The van der Waals surface area contributed by atoms with Gasteiger partial charge in [0.2, 0.25) is 5.91 Å². The van der Waals surface area contributed by atoms with E-state index in [1.54, 1.807) is 0 Å². The number of urea groups is 1. The summed E-state index contributed by atoms with van der Waals surface area (Å²) in [6.45, 7) is -16.1. The zero-order chi connectivity index (χ0) is 43.0. The van der Waals surface area contributed by atoms with Crippen molar-refractivity contribution in [1.29, 1.82) is 0 Å². The molecule has 1 aromatic carbocycles. The number of halogens is 5. The average molecular weight is 583 g/mol. The molecule has 2 aromatic heterocycles. The van der Waals surface area contributed by atoms with Gasteiger partial charge in [0.15, 0.2) is 17.3 Å². The number of pyridine rings is 1. The second kappa shape index (κ2) is 10.9. The highest BCUT2D eigenvalue weighted by Crippen LogP contribution is 2.32. The number of carbonyl (C=O) groups excluding carboxylic acids is 2. The van der Waals surface area contributed by atoms with Crippen LogP contribution in [-0.4, -0.2) is 74.5 Å². The molecule has 4 heterocycles. The molecule has 2 atom stereocenters. The lowest BCUT2D eigenvalue weighted by atomic mass is 9.93. The fourth-order valence-electron chi connectivity index (χ4n) is 3.65. The summed E-state index contributed by atoms with van der Waals surface area (Å²) in [7, 11) is 0. The first-order chi connectivity index (χ1) is 25.0. The fraction of sp³-hybridized carbons (Fsp3) is 0.462. The molecule has 14 heteroatoms.